The van der Waals surface area contributed by atoms with Gasteiger partial charge in [0.1, 0.15) is 5.57 Å². The quantitative estimate of drug-likeness (QED) is 0.496. The summed E-state index contributed by atoms with van der Waals surface area (Å²) in [5.41, 5.74) is 6.30. The third-order valence-electron chi connectivity index (χ3n) is 4.32. The predicted octanol–water partition coefficient (Wildman–Crippen LogP) is 2.63. The molecule has 2 amide bonds. The lowest BCUT2D eigenvalue weighted by atomic mass is 10.1. The first kappa shape index (κ1) is 17.1. The number of benzene rings is 1. The van der Waals surface area contributed by atoms with Crippen LogP contribution in [0.5, 0.6) is 0 Å². The molecule has 0 unspecified atom stereocenters. The molecule has 0 aliphatic carbocycles. The molecule has 1 aromatic carbocycles. The first-order chi connectivity index (χ1) is 11.8. The van der Waals surface area contributed by atoms with Gasteiger partial charge in [0, 0.05) is 17.1 Å². The summed E-state index contributed by atoms with van der Waals surface area (Å²) >= 11 is 4.82. The van der Waals surface area contributed by atoms with Gasteiger partial charge in [-0.25, -0.2) is 0 Å². The van der Waals surface area contributed by atoms with Crippen LogP contribution >= 0.6 is 12.2 Å². The monoisotopic (exact) mass is 353 g/mol. The zero-order chi connectivity index (χ0) is 18.3. The second kappa shape index (κ2) is 6.29. The highest BCUT2D eigenvalue weighted by atomic mass is 32.1. The molecule has 1 aliphatic rings. The molecule has 0 atom stereocenters. The molecule has 0 bridgehead atoms. The summed E-state index contributed by atoms with van der Waals surface area (Å²) in [6, 6.07) is 8.27. The van der Waals surface area contributed by atoms with Crippen LogP contribution in [0.4, 0.5) is 0 Å². The van der Waals surface area contributed by atoms with E-state index >= 15 is 0 Å². The average Bonchev–Trinajstić information content (AvgIpc) is 2.80. The Morgan fingerprint density at radius 3 is 2.28 bits per heavy atom. The maximum Gasteiger partial charge on any atom is 0.263 e. The van der Waals surface area contributed by atoms with Crippen molar-refractivity contribution in [1.82, 2.24) is 15.2 Å². The Hall–Kier alpha value is -2.73. The Balaban J connectivity index is 2.11. The number of nitrogens with zero attached hydrogens (tertiary/aromatic N) is 1. The molecule has 0 spiro atoms. The van der Waals surface area contributed by atoms with Crippen molar-refractivity contribution >= 4 is 35.2 Å². The molecule has 2 N–H and O–H groups in total. The van der Waals surface area contributed by atoms with Gasteiger partial charge in [-0.15, -0.1) is 0 Å². The second-order valence-corrected chi connectivity index (χ2v) is 6.66. The van der Waals surface area contributed by atoms with Crippen LogP contribution < -0.4 is 10.6 Å². The fourth-order valence-electron chi connectivity index (χ4n) is 3.03. The van der Waals surface area contributed by atoms with Crippen molar-refractivity contribution < 1.29 is 9.59 Å². The van der Waals surface area contributed by atoms with E-state index in [4.69, 9.17) is 12.2 Å². The average molecular weight is 353 g/mol. The Kier molecular flexibility index (Phi) is 4.30. The largest absolute Gasteiger partial charge is 0.318 e. The summed E-state index contributed by atoms with van der Waals surface area (Å²) in [7, 11) is 0. The minimum atomic E-state index is -0.481. The molecule has 1 fully saturated rings. The van der Waals surface area contributed by atoms with Crippen molar-refractivity contribution in [3.8, 4) is 5.69 Å². The number of nitrogens with one attached hydrogen (secondary N) is 2. The normalized spacial score (nSPS) is 14.4. The first-order valence-electron chi connectivity index (χ1n) is 7.93. The van der Waals surface area contributed by atoms with Crippen molar-refractivity contribution in [3.05, 3.63) is 57.9 Å². The van der Waals surface area contributed by atoms with E-state index in [1.165, 1.54) is 5.56 Å². The fourth-order valence-corrected chi connectivity index (χ4v) is 3.21. The number of carbonyl (C=O) groups is 2. The van der Waals surface area contributed by atoms with Gasteiger partial charge in [-0.2, -0.15) is 0 Å². The number of rotatable bonds is 2. The van der Waals surface area contributed by atoms with Crippen molar-refractivity contribution in [2.75, 3.05) is 0 Å². The topological polar surface area (TPSA) is 63.1 Å². The predicted molar refractivity (Wildman–Crippen MR) is 102 cm³/mol. The molecule has 1 aromatic heterocycles. The van der Waals surface area contributed by atoms with Gasteiger partial charge in [-0.1, -0.05) is 12.1 Å². The lowest BCUT2D eigenvalue weighted by molar-refractivity contribution is -0.123. The van der Waals surface area contributed by atoms with Crippen LogP contribution in [0.1, 0.15) is 28.1 Å². The standard InChI is InChI=1S/C19H19N3O2S/c1-10-5-6-11(2)16(7-10)22-12(3)8-14(13(22)4)9-15-17(23)20-19(25)21-18(15)24/h5-9H,1-4H3,(H2,20,21,23,24,25). The Morgan fingerprint density at radius 2 is 1.64 bits per heavy atom. The van der Waals surface area contributed by atoms with Gasteiger partial charge < -0.3 is 4.57 Å². The third kappa shape index (κ3) is 3.13. The van der Waals surface area contributed by atoms with E-state index in [0.29, 0.717) is 0 Å². The van der Waals surface area contributed by atoms with Crippen LogP contribution in [-0.2, 0) is 9.59 Å². The van der Waals surface area contributed by atoms with E-state index in [0.717, 1.165) is 28.2 Å². The van der Waals surface area contributed by atoms with E-state index in [1.807, 2.05) is 19.9 Å². The highest BCUT2D eigenvalue weighted by molar-refractivity contribution is 7.80. The number of hydrogen-bond donors (Lipinski definition) is 2. The molecule has 25 heavy (non-hydrogen) atoms. The molecule has 5 nitrogen and oxygen atoms in total. The van der Waals surface area contributed by atoms with Gasteiger partial charge in [0.2, 0.25) is 0 Å². The van der Waals surface area contributed by atoms with E-state index in [-0.39, 0.29) is 10.7 Å². The smallest absolute Gasteiger partial charge is 0.263 e. The summed E-state index contributed by atoms with van der Waals surface area (Å²) < 4.78 is 2.14. The molecule has 128 valence electrons. The van der Waals surface area contributed by atoms with Gasteiger partial charge in [0.15, 0.2) is 5.11 Å². The number of carbonyl (C=O) groups excluding carboxylic acids is 2. The number of thiocarbonyl (C=S) groups is 1. The van der Waals surface area contributed by atoms with Crippen LogP contribution in [0.25, 0.3) is 11.8 Å². The van der Waals surface area contributed by atoms with E-state index in [9.17, 15) is 9.59 Å². The molecule has 2 heterocycles. The van der Waals surface area contributed by atoms with Gasteiger partial charge in [0.25, 0.3) is 11.8 Å². The van der Waals surface area contributed by atoms with Gasteiger partial charge in [-0.05, 0) is 74.8 Å². The molecular formula is C19H19N3O2S. The van der Waals surface area contributed by atoms with Gasteiger partial charge in [0.05, 0.1) is 0 Å². The first-order valence-corrected chi connectivity index (χ1v) is 8.33. The molecule has 0 saturated carbocycles. The Labute approximate surface area is 151 Å². The second-order valence-electron chi connectivity index (χ2n) is 6.25. The zero-order valence-corrected chi connectivity index (χ0v) is 15.4. The third-order valence-corrected chi connectivity index (χ3v) is 4.52. The van der Waals surface area contributed by atoms with E-state index < -0.39 is 11.8 Å². The van der Waals surface area contributed by atoms with E-state index in [1.54, 1.807) is 6.08 Å². The highest BCUT2D eigenvalue weighted by Gasteiger charge is 2.26. The van der Waals surface area contributed by atoms with Gasteiger partial charge in [-0.3, -0.25) is 20.2 Å². The van der Waals surface area contributed by atoms with Crippen LogP contribution in [0.15, 0.2) is 29.8 Å². The van der Waals surface area contributed by atoms with Crippen LogP contribution in [0, 0.1) is 27.7 Å². The summed E-state index contributed by atoms with van der Waals surface area (Å²) in [6.45, 7) is 8.10. The number of aromatic nitrogens is 1. The number of hydrogen-bond acceptors (Lipinski definition) is 3. The Bertz CT molecular complexity index is 932. The lowest BCUT2D eigenvalue weighted by Gasteiger charge is -2.16. The molecule has 2 aromatic rings. The summed E-state index contributed by atoms with van der Waals surface area (Å²) in [5.74, 6) is -0.962. The summed E-state index contributed by atoms with van der Waals surface area (Å²) in [6.07, 6.45) is 1.61. The van der Waals surface area contributed by atoms with Crippen molar-refractivity contribution in [3.63, 3.8) is 0 Å². The highest BCUT2D eigenvalue weighted by Crippen LogP contribution is 2.26. The number of aryl methyl sites for hydroxylation is 3. The summed E-state index contributed by atoms with van der Waals surface area (Å²) in [5, 5.41) is 4.94. The molecule has 1 aliphatic heterocycles. The number of amides is 2. The minimum absolute atomic E-state index is 0.0352. The van der Waals surface area contributed by atoms with Crippen LogP contribution in [0.3, 0.4) is 0 Å². The van der Waals surface area contributed by atoms with Crippen molar-refractivity contribution in [1.29, 1.82) is 0 Å². The maximum atomic E-state index is 12.1. The van der Waals surface area contributed by atoms with Crippen molar-refractivity contribution in [2.45, 2.75) is 27.7 Å². The molecule has 6 heteroatoms. The zero-order valence-electron chi connectivity index (χ0n) is 14.6. The SMILES string of the molecule is Cc1ccc(C)c(-n2c(C)cc(C=C3C(=O)NC(=S)NC3=O)c2C)c1. The maximum absolute atomic E-state index is 12.1. The lowest BCUT2D eigenvalue weighted by Crippen LogP contribution is -2.51. The summed E-state index contributed by atoms with van der Waals surface area (Å²) in [4.78, 5) is 24.1. The van der Waals surface area contributed by atoms with Crippen LogP contribution in [0.2, 0.25) is 0 Å². The van der Waals surface area contributed by atoms with Crippen LogP contribution in [-0.4, -0.2) is 21.5 Å². The van der Waals surface area contributed by atoms with Crippen molar-refractivity contribution in [2.24, 2.45) is 0 Å². The molecule has 1 saturated heterocycles. The fraction of sp³-hybridized carbons (Fsp3) is 0.211. The molecule has 0 radical (unpaired) electrons. The Morgan fingerprint density at radius 1 is 1.00 bits per heavy atom. The molecular weight excluding hydrogens is 334 g/mol. The minimum Gasteiger partial charge on any atom is -0.318 e. The van der Waals surface area contributed by atoms with Gasteiger partial charge >= 0.3 is 0 Å². The molecule has 3 rings (SSSR count). The van der Waals surface area contributed by atoms with E-state index in [2.05, 4.69) is 47.2 Å².